The maximum atomic E-state index is 12.6. The first-order chi connectivity index (χ1) is 11.3. The third-order valence-corrected chi connectivity index (χ3v) is 3.81. The van der Waals surface area contributed by atoms with Gasteiger partial charge in [-0.2, -0.15) is 0 Å². The monoisotopic (exact) mass is 328 g/mol. The molecule has 124 valence electrons. The molecular formula is C17H16N2O5. The summed E-state index contributed by atoms with van der Waals surface area (Å²) < 4.78 is 0. The second-order valence-corrected chi connectivity index (χ2v) is 5.33. The van der Waals surface area contributed by atoms with E-state index in [2.05, 4.69) is 0 Å². The Morgan fingerprint density at radius 1 is 1.12 bits per heavy atom. The van der Waals surface area contributed by atoms with Gasteiger partial charge >= 0.3 is 5.97 Å². The highest BCUT2D eigenvalue weighted by atomic mass is 16.6. The van der Waals surface area contributed by atoms with Gasteiger partial charge in [-0.05, 0) is 18.6 Å². The molecule has 0 aromatic heterocycles. The van der Waals surface area contributed by atoms with Crippen LogP contribution in [0.25, 0.3) is 0 Å². The van der Waals surface area contributed by atoms with Gasteiger partial charge < -0.3 is 10.0 Å². The van der Waals surface area contributed by atoms with Gasteiger partial charge in [-0.15, -0.1) is 0 Å². The van der Waals surface area contributed by atoms with Crippen molar-refractivity contribution in [1.29, 1.82) is 0 Å². The maximum absolute atomic E-state index is 12.6. The largest absolute Gasteiger partial charge is 0.478 e. The zero-order chi connectivity index (χ0) is 17.9. The second-order valence-electron chi connectivity index (χ2n) is 5.33. The summed E-state index contributed by atoms with van der Waals surface area (Å²) in [5, 5.41) is 20.0. The van der Waals surface area contributed by atoms with Gasteiger partial charge in [0.2, 0.25) is 0 Å². The number of carboxylic acid groups (broad SMARTS) is 1. The van der Waals surface area contributed by atoms with Crippen molar-refractivity contribution in [3.63, 3.8) is 0 Å². The molecule has 0 saturated carbocycles. The maximum Gasteiger partial charge on any atom is 0.335 e. The van der Waals surface area contributed by atoms with Gasteiger partial charge in [-0.25, -0.2) is 4.79 Å². The minimum atomic E-state index is -1.33. The van der Waals surface area contributed by atoms with E-state index in [0.29, 0.717) is 0 Å². The van der Waals surface area contributed by atoms with Crippen LogP contribution in [0.5, 0.6) is 0 Å². The van der Waals surface area contributed by atoms with Crippen LogP contribution in [-0.4, -0.2) is 33.9 Å². The predicted molar refractivity (Wildman–Crippen MR) is 87.0 cm³/mol. The van der Waals surface area contributed by atoms with Crippen LogP contribution in [0.15, 0.2) is 48.5 Å². The number of carbonyl (C=O) groups excluding carboxylic acids is 1. The number of nitro groups is 1. The molecular weight excluding hydrogens is 312 g/mol. The van der Waals surface area contributed by atoms with Crippen molar-refractivity contribution >= 4 is 17.6 Å². The molecule has 2 rings (SSSR count). The lowest BCUT2D eigenvalue weighted by Gasteiger charge is -2.25. The van der Waals surface area contributed by atoms with E-state index in [1.54, 1.807) is 7.05 Å². The second kappa shape index (κ2) is 6.91. The molecule has 0 spiro atoms. The third kappa shape index (κ3) is 3.57. The van der Waals surface area contributed by atoms with Gasteiger partial charge in [0.25, 0.3) is 11.6 Å². The highest BCUT2D eigenvalue weighted by Gasteiger charge is 2.23. The summed E-state index contributed by atoms with van der Waals surface area (Å²) in [4.78, 5) is 35.4. The van der Waals surface area contributed by atoms with Crippen LogP contribution in [0, 0.1) is 10.1 Å². The number of hydrogen-bond donors (Lipinski definition) is 1. The van der Waals surface area contributed by atoms with E-state index in [-0.39, 0.29) is 17.2 Å². The number of nitrogens with zero attached hydrogens (tertiary/aromatic N) is 2. The number of aromatic carboxylic acids is 1. The van der Waals surface area contributed by atoms with Crippen molar-refractivity contribution in [3.05, 3.63) is 75.3 Å². The van der Waals surface area contributed by atoms with E-state index in [0.717, 1.165) is 23.8 Å². The van der Waals surface area contributed by atoms with Crippen molar-refractivity contribution in [2.24, 2.45) is 0 Å². The quantitative estimate of drug-likeness (QED) is 0.671. The van der Waals surface area contributed by atoms with Crippen molar-refractivity contribution in [2.45, 2.75) is 13.0 Å². The Kier molecular flexibility index (Phi) is 4.93. The Labute approximate surface area is 138 Å². The fraction of sp³-hybridized carbons (Fsp3) is 0.176. The van der Waals surface area contributed by atoms with Gasteiger partial charge in [0, 0.05) is 24.7 Å². The fourth-order valence-corrected chi connectivity index (χ4v) is 2.30. The minimum Gasteiger partial charge on any atom is -0.478 e. The van der Waals surface area contributed by atoms with E-state index >= 15 is 0 Å². The molecule has 0 saturated heterocycles. The lowest BCUT2D eigenvalue weighted by Crippen LogP contribution is -2.29. The Balaban J connectivity index is 2.38. The number of nitro benzene ring substituents is 1. The van der Waals surface area contributed by atoms with Crippen LogP contribution in [-0.2, 0) is 0 Å². The molecule has 0 radical (unpaired) electrons. The molecule has 1 N–H and O–H groups in total. The third-order valence-electron chi connectivity index (χ3n) is 3.81. The highest BCUT2D eigenvalue weighted by molar-refractivity contribution is 5.98. The number of non-ortho nitro benzene ring substituents is 1. The van der Waals surface area contributed by atoms with Crippen LogP contribution >= 0.6 is 0 Å². The van der Waals surface area contributed by atoms with Crippen LogP contribution in [0.2, 0.25) is 0 Å². The topological polar surface area (TPSA) is 101 Å². The highest BCUT2D eigenvalue weighted by Crippen LogP contribution is 2.23. The first-order valence-corrected chi connectivity index (χ1v) is 7.16. The van der Waals surface area contributed by atoms with Crippen LogP contribution < -0.4 is 0 Å². The number of hydrogen-bond acceptors (Lipinski definition) is 4. The van der Waals surface area contributed by atoms with E-state index < -0.39 is 22.5 Å². The molecule has 2 aromatic carbocycles. The molecule has 0 unspecified atom stereocenters. The van der Waals surface area contributed by atoms with E-state index in [1.165, 1.54) is 4.90 Å². The molecule has 1 amide bonds. The summed E-state index contributed by atoms with van der Waals surface area (Å²) in [6, 6.07) is 12.2. The Morgan fingerprint density at radius 2 is 1.71 bits per heavy atom. The van der Waals surface area contributed by atoms with Crippen LogP contribution in [0.3, 0.4) is 0 Å². The first-order valence-electron chi connectivity index (χ1n) is 7.16. The van der Waals surface area contributed by atoms with Gasteiger partial charge in [-0.1, -0.05) is 30.3 Å². The van der Waals surface area contributed by atoms with Crippen molar-refractivity contribution in [3.8, 4) is 0 Å². The van der Waals surface area contributed by atoms with Crippen LogP contribution in [0.1, 0.15) is 39.2 Å². The molecule has 0 aliphatic rings. The Morgan fingerprint density at radius 3 is 2.25 bits per heavy atom. The molecule has 24 heavy (non-hydrogen) atoms. The molecule has 1 atom stereocenters. The predicted octanol–water partition coefficient (Wildman–Crippen LogP) is 3.13. The van der Waals surface area contributed by atoms with Crippen molar-refractivity contribution in [1.82, 2.24) is 4.90 Å². The summed E-state index contributed by atoms with van der Waals surface area (Å²) in [6.07, 6.45) is 0. The lowest BCUT2D eigenvalue weighted by molar-refractivity contribution is -0.384. The zero-order valence-electron chi connectivity index (χ0n) is 13.2. The summed E-state index contributed by atoms with van der Waals surface area (Å²) in [5.41, 5.74) is 0.136. The van der Waals surface area contributed by atoms with E-state index in [9.17, 15) is 19.7 Å². The number of carboxylic acids is 1. The number of carbonyl (C=O) groups is 2. The fourth-order valence-electron chi connectivity index (χ4n) is 2.30. The van der Waals surface area contributed by atoms with E-state index in [1.807, 2.05) is 37.3 Å². The zero-order valence-corrected chi connectivity index (χ0v) is 13.2. The molecule has 0 heterocycles. The molecule has 0 aliphatic carbocycles. The SMILES string of the molecule is C[C@@H](c1ccccc1)N(C)C(=O)c1cc(C(=O)O)cc([N+](=O)[O-])c1. The molecule has 7 heteroatoms. The molecule has 0 bridgehead atoms. The summed E-state index contributed by atoms with van der Waals surface area (Å²) in [6.45, 7) is 1.82. The average Bonchev–Trinajstić information content (AvgIpc) is 2.60. The lowest BCUT2D eigenvalue weighted by atomic mass is 10.0. The van der Waals surface area contributed by atoms with Gasteiger partial charge in [0.15, 0.2) is 0 Å². The molecule has 0 fully saturated rings. The number of amides is 1. The van der Waals surface area contributed by atoms with Gasteiger partial charge in [0.1, 0.15) is 0 Å². The normalized spacial score (nSPS) is 11.6. The van der Waals surface area contributed by atoms with Crippen LogP contribution in [0.4, 0.5) is 5.69 Å². The number of rotatable bonds is 5. The standard InChI is InChI=1S/C17H16N2O5/c1-11(12-6-4-3-5-7-12)18(2)16(20)13-8-14(17(21)22)10-15(9-13)19(23)24/h3-11H,1-2H3,(H,21,22)/t11-/m0/s1. The molecule has 2 aromatic rings. The smallest absolute Gasteiger partial charge is 0.335 e. The van der Waals surface area contributed by atoms with Crippen molar-refractivity contribution < 1.29 is 19.6 Å². The van der Waals surface area contributed by atoms with Gasteiger partial charge in [0.05, 0.1) is 16.5 Å². The molecule has 0 aliphatic heterocycles. The van der Waals surface area contributed by atoms with Gasteiger partial charge in [-0.3, -0.25) is 14.9 Å². The Hall–Kier alpha value is -3.22. The molecule has 7 nitrogen and oxygen atoms in total. The minimum absolute atomic E-state index is 0.0353. The number of benzene rings is 2. The summed E-state index contributed by atoms with van der Waals surface area (Å²) in [5.74, 6) is -1.82. The van der Waals surface area contributed by atoms with Crippen molar-refractivity contribution in [2.75, 3.05) is 7.05 Å². The van der Waals surface area contributed by atoms with E-state index in [4.69, 9.17) is 5.11 Å². The summed E-state index contributed by atoms with van der Waals surface area (Å²) >= 11 is 0. The first kappa shape index (κ1) is 17.1. The average molecular weight is 328 g/mol. The summed E-state index contributed by atoms with van der Waals surface area (Å²) in [7, 11) is 1.57. The Bertz CT molecular complexity index is 757.